The smallest absolute Gasteiger partial charge is 0.255 e. The number of fused-ring (bicyclic) bond motifs is 2. The molecule has 4 aliphatic heterocycles. The zero-order valence-corrected chi connectivity index (χ0v) is 31.1. The predicted octanol–water partition coefficient (Wildman–Crippen LogP) is 6.22. The second-order valence-electron chi connectivity index (χ2n) is 16.8. The molecule has 0 aromatic heterocycles. The Morgan fingerprint density at radius 1 is 0.759 bits per heavy atom. The number of hydrogen-bond donors (Lipinski definition) is 2. The number of aryl methyl sites for hydroxylation is 1. The number of nitrogens with one attached hydrogen (secondary N) is 1. The molecule has 0 radical (unpaired) electrons. The van der Waals surface area contributed by atoms with Crippen LogP contribution in [0.15, 0.2) is 54.6 Å². The number of halogens is 1. The van der Waals surface area contributed by atoms with Gasteiger partial charge in [-0.3, -0.25) is 24.6 Å². The molecule has 10 heteroatoms. The number of amides is 3. The lowest BCUT2D eigenvalue weighted by Crippen LogP contribution is -2.52. The number of phenolic OH excluding ortho intramolecular Hbond substituents is 1. The minimum absolute atomic E-state index is 0.113. The highest BCUT2D eigenvalue weighted by Crippen LogP contribution is 2.49. The molecule has 3 saturated heterocycles. The Labute approximate surface area is 317 Å². The fraction of sp³-hybridized carbons (Fsp3) is 0.523. The standard InChI is InChI=1S/C44H52FN5O4/c45-38-25-31(42-35(29-3-1-2-4-29)9-5-30-24-34(51)8-11-36(30)42)6-12-39(38)49-17-15-28(16-18-49)26-47-19-21-48(22-20-47)33-7-10-37-32(23-33)27-50(44(37)54)40-13-14-41(52)46-43(40)53/h6-8,10-12,23-25,28-29,35,40,42,51H,1-5,9,13-22,26-27H2,(H,46,52,53)/t35-,40+,42+/m0/s1. The van der Waals surface area contributed by atoms with E-state index in [1.807, 2.05) is 30.3 Å². The molecule has 2 N–H and O–H groups in total. The van der Waals surface area contributed by atoms with Gasteiger partial charge in [0, 0.05) is 75.9 Å². The number of nitrogens with zero attached hydrogens (tertiary/aromatic N) is 4. The number of carbonyl (C=O) groups excluding carboxylic acids is 3. The number of anilines is 2. The van der Waals surface area contributed by atoms with Crippen LogP contribution in [0.1, 0.15) is 96.3 Å². The van der Waals surface area contributed by atoms with Gasteiger partial charge in [-0.05, 0) is 115 Å². The molecule has 3 atom stereocenters. The quantitative estimate of drug-likeness (QED) is 0.279. The third-order valence-corrected chi connectivity index (χ3v) is 13.7. The van der Waals surface area contributed by atoms with Crippen molar-refractivity contribution in [2.24, 2.45) is 17.8 Å². The maximum atomic E-state index is 16.1. The number of imide groups is 1. The van der Waals surface area contributed by atoms with Crippen molar-refractivity contribution in [3.8, 4) is 5.75 Å². The topological polar surface area (TPSA) is 96.4 Å². The number of aromatic hydroxyl groups is 1. The summed E-state index contributed by atoms with van der Waals surface area (Å²) in [5, 5.41) is 12.6. The summed E-state index contributed by atoms with van der Waals surface area (Å²) in [6.07, 6.45) is 9.94. The summed E-state index contributed by atoms with van der Waals surface area (Å²) in [5.74, 6) is 1.37. The molecule has 3 aromatic rings. The van der Waals surface area contributed by atoms with Crippen LogP contribution in [0.5, 0.6) is 5.75 Å². The van der Waals surface area contributed by atoms with Gasteiger partial charge in [0.1, 0.15) is 17.6 Å². The van der Waals surface area contributed by atoms with Gasteiger partial charge in [-0.2, -0.15) is 0 Å². The molecule has 6 aliphatic rings. The van der Waals surface area contributed by atoms with Crippen molar-refractivity contribution in [2.45, 2.75) is 82.7 Å². The van der Waals surface area contributed by atoms with E-state index >= 15 is 4.39 Å². The van der Waals surface area contributed by atoms with Gasteiger partial charge in [0.15, 0.2) is 0 Å². The molecule has 9 nitrogen and oxygen atoms in total. The van der Waals surface area contributed by atoms with Gasteiger partial charge >= 0.3 is 0 Å². The fourth-order valence-corrected chi connectivity index (χ4v) is 10.8. The Hall–Kier alpha value is -4.44. The van der Waals surface area contributed by atoms with Gasteiger partial charge in [-0.25, -0.2) is 4.39 Å². The van der Waals surface area contributed by atoms with Crippen LogP contribution in [-0.4, -0.2) is 84.5 Å². The van der Waals surface area contributed by atoms with Crippen LogP contribution in [0.4, 0.5) is 15.8 Å². The van der Waals surface area contributed by atoms with Crippen molar-refractivity contribution in [1.29, 1.82) is 0 Å². The summed E-state index contributed by atoms with van der Waals surface area (Å²) in [7, 11) is 0. The Bertz CT molecular complexity index is 1930. The van der Waals surface area contributed by atoms with E-state index in [-0.39, 0.29) is 35.9 Å². The zero-order chi connectivity index (χ0) is 36.9. The number of phenols is 1. The van der Waals surface area contributed by atoms with Crippen LogP contribution >= 0.6 is 0 Å². The maximum Gasteiger partial charge on any atom is 0.255 e. The first kappa shape index (κ1) is 35.3. The molecule has 9 rings (SSSR count). The van der Waals surface area contributed by atoms with Crippen molar-refractivity contribution in [2.75, 3.05) is 55.6 Å². The van der Waals surface area contributed by atoms with Gasteiger partial charge in [-0.15, -0.1) is 0 Å². The van der Waals surface area contributed by atoms with E-state index in [1.54, 1.807) is 11.0 Å². The molecule has 1 saturated carbocycles. The van der Waals surface area contributed by atoms with Crippen LogP contribution in [0, 0.1) is 23.6 Å². The van der Waals surface area contributed by atoms with Crippen LogP contribution < -0.4 is 15.1 Å². The van der Waals surface area contributed by atoms with Crippen LogP contribution in [0.3, 0.4) is 0 Å². The number of carbonyl (C=O) groups is 3. The predicted molar refractivity (Wildman–Crippen MR) is 206 cm³/mol. The molecule has 4 fully saturated rings. The van der Waals surface area contributed by atoms with E-state index in [1.165, 1.54) is 36.8 Å². The first-order chi connectivity index (χ1) is 26.3. The molecule has 4 heterocycles. The first-order valence-corrected chi connectivity index (χ1v) is 20.4. The Kier molecular flexibility index (Phi) is 9.58. The lowest BCUT2D eigenvalue weighted by atomic mass is 9.66. The zero-order valence-electron chi connectivity index (χ0n) is 31.1. The largest absolute Gasteiger partial charge is 0.508 e. The molecule has 3 aromatic carbocycles. The Morgan fingerprint density at radius 3 is 2.31 bits per heavy atom. The third-order valence-electron chi connectivity index (χ3n) is 13.7. The number of rotatable bonds is 7. The van der Waals surface area contributed by atoms with E-state index < -0.39 is 6.04 Å². The average molecular weight is 734 g/mol. The molecule has 3 amide bonds. The normalized spacial score (nSPS) is 25.6. The van der Waals surface area contributed by atoms with Crippen LogP contribution in [0.2, 0.25) is 0 Å². The number of benzene rings is 3. The molecule has 54 heavy (non-hydrogen) atoms. The summed E-state index contributed by atoms with van der Waals surface area (Å²) in [6, 6.07) is 17.3. The lowest BCUT2D eigenvalue weighted by molar-refractivity contribution is -0.136. The molecule has 284 valence electrons. The van der Waals surface area contributed by atoms with E-state index in [2.05, 4.69) is 38.2 Å². The van der Waals surface area contributed by atoms with Crippen molar-refractivity contribution in [1.82, 2.24) is 15.1 Å². The average Bonchev–Trinajstić information content (AvgIpc) is 3.83. The Morgan fingerprint density at radius 2 is 1.56 bits per heavy atom. The van der Waals surface area contributed by atoms with E-state index in [4.69, 9.17) is 0 Å². The molecule has 0 unspecified atom stereocenters. The SMILES string of the molecule is O=C1CC[C@@H](N2Cc3cc(N4CCN(CC5CCN(c6ccc([C@H]7c8ccc(O)cc8CC[C@H]7C7CCCC7)cc6F)CC5)CC4)ccc3C2=O)C(=O)N1. The maximum absolute atomic E-state index is 16.1. The summed E-state index contributed by atoms with van der Waals surface area (Å²) >= 11 is 0. The second-order valence-corrected chi connectivity index (χ2v) is 16.8. The van der Waals surface area contributed by atoms with Gasteiger partial charge in [-0.1, -0.05) is 37.8 Å². The van der Waals surface area contributed by atoms with E-state index in [9.17, 15) is 19.5 Å². The highest BCUT2D eigenvalue weighted by molar-refractivity contribution is 6.05. The highest BCUT2D eigenvalue weighted by atomic mass is 19.1. The monoisotopic (exact) mass is 733 g/mol. The van der Waals surface area contributed by atoms with Gasteiger partial charge in [0.2, 0.25) is 11.8 Å². The summed E-state index contributed by atoms with van der Waals surface area (Å²) < 4.78 is 16.1. The van der Waals surface area contributed by atoms with Crippen LogP contribution in [-0.2, 0) is 22.6 Å². The Balaban J connectivity index is 0.785. The summed E-state index contributed by atoms with van der Waals surface area (Å²) in [4.78, 5) is 46.0. The first-order valence-electron chi connectivity index (χ1n) is 20.4. The van der Waals surface area contributed by atoms with Crippen molar-refractivity contribution >= 4 is 29.1 Å². The highest BCUT2D eigenvalue weighted by Gasteiger charge is 2.40. The summed E-state index contributed by atoms with van der Waals surface area (Å²) in [6.45, 7) is 6.94. The van der Waals surface area contributed by atoms with Crippen LogP contribution in [0.25, 0.3) is 0 Å². The summed E-state index contributed by atoms with van der Waals surface area (Å²) in [5.41, 5.74) is 6.98. The fourth-order valence-electron chi connectivity index (χ4n) is 10.8. The number of piperidine rings is 2. The number of hydrogen-bond acceptors (Lipinski definition) is 7. The second kappa shape index (κ2) is 14.7. The van der Waals surface area contributed by atoms with Gasteiger partial charge in [0.25, 0.3) is 5.91 Å². The molecular weight excluding hydrogens is 682 g/mol. The molecule has 0 spiro atoms. The molecule has 0 bridgehead atoms. The molecule has 2 aliphatic carbocycles. The van der Waals surface area contributed by atoms with Crippen molar-refractivity contribution < 1.29 is 23.9 Å². The van der Waals surface area contributed by atoms with Gasteiger partial charge < -0.3 is 19.8 Å². The lowest BCUT2D eigenvalue weighted by Gasteiger charge is -2.40. The minimum atomic E-state index is -0.599. The minimum Gasteiger partial charge on any atom is -0.508 e. The molecular formula is C44H52FN5O4. The van der Waals surface area contributed by atoms with E-state index in [0.717, 1.165) is 94.0 Å². The van der Waals surface area contributed by atoms with E-state index in [0.29, 0.717) is 42.0 Å². The van der Waals surface area contributed by atoms with Gasteiger partial charge in [0.05, 0.1) is 5.69 Å². The third kappa shape index (κ3) is 6.75. The van der Waals surface area contributed by atoms with Crippen molar-refractivity contribution in [3.05, 3.63) is 88.2 Å². The van der Waals surface area contributed by atoms with Crippen molar-refractivity contribution in [3.63, 3.8) is 0 Å². The number of piperazine rings is 1.